The van der Waals surface area contributed by atoms with Gasteiger partial charge in [-0.05, 0) is 23.6 Å². The minimum absolute atomic E-state index is 0.112. The Morgan fingerprint density at radius 1 is 1.19 bits per heavy atom. The van der Waals surface area contributed by atoms with Crippen molar-refractivity contribution in [1.82, 2.24) is 15.1 Å². The number of ether oxygens (including phenoxy) is 2. The van der Waals surface area contributed by atoms with Gasteiger partial charge in [0.2, 0.25) is 6.79 Å². The standard InChI is InChI=1S/C19H27N3O5/c1-3-13(2)17(18(23)24)20-19(25)22-8-6-21(7-9-22)11-14-4-5-15-16(10-14)27-12-26-15/h4-5,10,13,17H,3,6-9,11-12H2,1-2H3,(H,20,25)(H,23,24). The van der Waals surface area contributed by atoms with Gasteiger partial charge in [0.25, 0.3) is 0 Å². The van der Waals surface area contributed by atoms with Gasteiger partial charge < -0.3 is 24.8 Å². The van der Waals surface area contributed by atoms with Gasteiger partial charge in [0, 0.05) is 32.7 Å². The molecule has 2 unspecified atom stereocenters. The number of carbonyl (C=O) groups excluding carboxylic acids is 1. The van der Waals surface area contributed by atoms with Crippen LogP contribution in [0.5, 0.6) is 11.5 Å². The van der Waals surface area contributed by atoms with Crippen LogP contribution in [-0.2, 0) is 11.3 Å². The molecule has 8 nitrogen and oxygen atoms in total. The SMILES string of the molecule is CCC(C)C(NC(=O)N1CCN(Cc2ccc3c(c2)OCO3)CC1)C(=O)O. The Hall–Kier alpha value is -2.48. The van der Waals surface area contributed by atoms with E-state index in [1.165, 1.54) is 0 Å². The minimum Gasteiger partial charge on any atom is -0.480 e. The Morgan fingerprint density at radius 2 is 1.89 bits per heavy atom. The van der Waals surface area contributed by atoms with Crippen molar-refractivity contribution in [3.05, 3.63) is 23.8 Å². The number of hydrogen-bond donors (Lipinski definition) is 2. The first-order valence-corrected chi connectivity index (χ1v) is 9.37. The second-order valence-corrected chi connectivity index (χ2v) is 7.10. The topological polar surface area (TPSA) is 91.3 Å². The summed E-state index contributed by atoms with van der Waals surface area (Å²) in [5, 5.41) is 12.0. The molecule has 1 aromatic carbocycles. The lowest BCUT2D eigenvalue weighted by atomic mass is 9.99. The number of fused-ring (bicyclic) bond motifs is 1. The molecule has 0 bridgehead atoms. The second-order valence-electron chi connectivity index (χ2n) is 7.10. The van der Waals surface area contributed by atoms with Gasteiger partial charge in [-0.3, -0.25) is 4.90 Å². The predicted octanol–water partition coefficient (Wildman–Crippen LogP) is 1.74. The number of carboxylic acid groups (broad SMARTS) is 1. The fourth-order valence-corrected chi connectivity index (χ4v) is 3.31. The number of urea groups is 1. The van der Waals surface area contributed by atoms with Crippen molar-refractivity contribution >= 4 is 12.0 Å². The number of nitrogens with one attached hydrogen (secondary N) is 1. The van der Waals surface area contributed by atoms with Gasteiger partial charge >= 0.3 is 12.0 Å². The number of aliphatic carboxylic acids is 1. The molecule has 2 heterocycles. The Labute approximate surface area is 159 Å². The number of piperazine rings is 1. The van der Waals surface area contributed by atoms with Crippen molar-refractivity contribution in [2.45, 2.75) is 32.9 Å². The lowest BCUT2D eigenvalue weighted by Crippen LogP contribution is -2.55. The van der Waals surface area contributed by atoms with E-state index in [2.05, 4.69) is 10.2 Å². The Morgan fingerprint density at radius 3 is 2.56 bits per heavy atom. The van der Waals surface area contributed by atoms with Crippen molar-refractivity contribution in [3.63, 3.8) is 0 Å². The maximum absolute atomic E-state index is 12.4. The third kappa shape index (κ3) is 4.63. The van der Waals surface area contributed by atoms with Crippen molar-refractivity contribution in [2.75, 3.05) is 33.0 Å². The zero-order chi connectivity index (χ0) is 19.4. The molecular formula is C19H27N3O5. The van der Waals surface area contributed by atoms with Crippen molar-refractivity contribution in [3.8, 4) is 11.5 Å². The summed E-state index contributed by atoms with van der Waals surface area (Å²) < 4.78 is 10.7. The summed E-state index contributed by atoms with van der Waals surface area (Å²) in [6.07, 6.45) is 0.695. The zero-order valence-electron chi connectivity index (χ0n) is 15.8. The molecule has 148 valence electrons. The van der Waals surface area contributed by atoms with Crippen LogP contribution in [0.1, 0.15) is 25.8 Å². The number of nitrogens with zero attached hydrogens (tertiary/aromatic N) is 2. The second kappa shape index (κ2) is 8.47. The van der Waals surface area contributed by atoms with Gasteiger partial charge in [-0.1, -0.05) is 26.3 Å². The van der Waals surface area contributed by atoms with Gasteiger partial charge in [-0.2, -0.15) is 0 Å². The molecule has 0 aromatic heterocycles. The molecule has 1 aromatic rings. The third-order valence-corrected chi connectivity index (χ3v) is 5.26. The fourth-order valence-electron chi connectivity index (χ4n) is 3.31. The molecule has 2 amide bonds. The van der Waals surface area contributed by atoms with Gasteiger partial charge in [0.1, 0.15) is 6.04 Å². The average Bonchev–Trinajstić information content (AvgIpc) is 3.13. The van der Waals surface area contributed by atoms with Crippen molar-refractivity contribution < 1.29 is 24.2 Å². The summed E-state index contributed by atoms with van der Waals surface area (Å²) in [4.78, 5) is 27.8. The van der Waals surface area contributed by atoms with E-state index < -0.39 is 12.0 Å². The van der Waals surface area contributed by atoms with Crippen LogP contribution in [-0.4, -0.2) is 65.9 Å². The molecule has 1 saturated heterocycles. The summed E-state index contributed by atoms with van der Waals surface area (Å²) >= 11 is 0. The highest BCUT2D eigenvalue weighted by atomic mass is 16.7. The van der Waals surface area contributed by atoms with Crippen LogP contribution in [0.3, 0.4) is 0 Å². The van der Waals surface area contributed by atoms with Gasteiger partial charge in [0.15, 0.2) is 11.5 Å². The Bertz CT molecular complexity index is 688. The maximum atomic E-state index is 12.4. The van der Waals surface area contributed by atoms with Crippen LogP contribution in [0.15, 0.2) is 18.2 Å². The van der Waals surface area contributed by atoms with Crippen LogP contribution in [0.4, 0.5) is 4.79 Å². The molecular weight excluding hydrogens is 350 g/mol. The van der Waals surface area contributed by atoms with E-state index in [1.807, 2.05) is 32.0 Å². The minimum atomic E-state index is -0.987. The zero-order valence-corrected chi connectivity index (χ0v) is 15.8. The molecule has 2 aliphatic heterocycles. The summed E-state index contributed by atoms with van der Waals surface area (Å²) in [7, 11) is 0. The molecule has 2 aliphatic rings. The normalized spacial score (nSPS) is 18.8. The lowest BCUT2D eigenvalue weighted by Gasteiger charge is -2.35. The van der Waals surface area contributed by atoms with E-state index in [-0.39, 0.29) is 18.7 Å². The number of carboxylic acids is 1. The van der Waals surface area contributed by atoms with Gasteiger partial charge in [-0.25, -0.2) is 9.59 Å². The number of carbonyl (C=O) groups is 2. The molecule has 0 aliphatic carbocycles. The smallest absolute Gasteiger partial charge is 0.326 e. The lowest BCUT2D eigenvalue weighted by molar-refractivity contribution is -0.140. The van der Waals surface area contributed by atoms with Gasteiger partial charge in [-0.15, -0.1) is 0 Å². The highest BCUT2D eigenvalue weighted by molar-refractivity contribution is 5.82. The summed E-state index contributed by atoms with van der Waals surface area (Å²) in [5.41, 5.74) is 1.14. The number of benzene rings is 1. The predicted molar refractivity (Wildman–Crippen MR) is 98.8 cm³/mol. The molecule has 0 spiro atoms. The van der Waals surface area contributed by atoms with Crippen molar-refractivity contribution in [1.29, 1.82) is 0 Å². The van der Waals surface area contributed by atoms with E-state index >= 15 is 0 Å². The van der Waals surface area contributed by atoms with E-state index in [0.29, 0.717) is 19.5 Å². The number of amides is 2. The molecule has 8 heteroatoms. The van der Waals surface area contributed by atoms with Crippen LogP contribution in [0.25, 0.3) is 0 Å². The molecule has 1 fully saturated rings. The average molecular weight is 377 g/mol. The highest BCUT2D eigenvalue weighted by Gasteiger charge is 2.29. The van der Waals surface area contributed by atoms with Gasteiger partial charge in [0.05, 0.1) is 0 Å². The summed E-state index contributed by atoms with van der Waals surface area (Å²) in [6.45, 7) is 7.42. The monoisotopic (exact) mass is 377 g/mol. The van der Waals surface area contributed by atoms with E-state index in [4.69, 9.17) is 9.47 Å². The number of hydrogen-bond acceptors (Lipinski definition) is 5. The highest BCUT2D eigenvalue weighted by Crippen LogP contribution is 2.32. The third-order valence-electron chi connectivity index (χ3n) is 5.26. The van der Waals surface area contributed by atoms with Crippen LogP contribution in [0, 0.1) is 5.92 Å². The Balaban J connectivity index is 1.49. The largest absolute Gasteiger partial charge is 0.480 e. The van der Waals surface area contributed by atoms with Crippen LogP contribution < -0.4 is 14.8 Å². The van der Waals surface area contributed by atoms with E-state index in [0.717, 1.165) is 36.7 Å². The van der Waals surface area contributed by atoms with E-state index in [1.54, 1.807) is 4.90 Å². The fraction of sp³-hybridized carbons (Fsp3) is 0.579. The molecule has 2 N–H and O–H groups in total. The molecule has 27 heavy (non-hydrogen) atoms. The molecule has 0 saturated carbocycles. The van der Waals surface area contributed by atoms with Crippen LogP contribution >= 0.6 is 0 Å². The molecule has 3 rings (SSSR count). The number of rotatable bonds is 6. The molecule has 2 atom stereocenters. The van der Waals surface area contributed by atoms with Crippen molar-refractivity contribution in [2.24, 2.45) is 5.92 Å². The van der Waals surface area contributed by atoms with E-state index in [9.17, 15) is 14.7 Å². The maximum Gasteiger partial charge on any atom is 0.326 e. The quantitative estimate of drug-likeness (QED) is 0.785. The first-order valence-electron chi connectivity index (χ1n) is 9.37. The van der Waals surface area contributed by atoms with Crippen LogP contribution in [0.2, 0.25) is 0 Å². The summed E-state index contributed by atoms with van der Waals surface area (Å²) in [6, 6.07) is 4.78. The first kappa shape index (κ1) is 19.3. The molecule has 0 radical (unpaired) electrons. The Kier molecular flexibility index (Phi) is 6.05. The summed E-state index contributed by atoms with van der Waals surface area (Å²) in [5.74, 6) is 0.447. The first-order chi connectivity index (χ1) is 13.0.